The third-order valence-electron chi connectivity index (χ3n) is 6.07. The van der Waals surface area contributed by atoms with Crippen molar-refractivity contribution in [1.82, 2.24) is 19.8 Å². The van der Waals surface area contributed by atoms with Gasteiger partial charge in [0.1, 0.15) is 11.4 Å². The molecular formula is C28H27N5O8S. The zero-order chi connectivity index (χ0) is 30.6. The van der Waals surface area contributed by atoms with E-state index < -0.39 is 43.0 Å². The highest BCUT2D eigenvalue weighted by molar-refractivity contribution is 7.78. The quantitative estimate of drug-likeness (QED) is 0.140. The predicted molar refractivity (Wildman–Crippen MR) is 152 cm³/mol. The highest BCUT2D eigenvalue weighted by atomic mass is 32.1. The van der Waals surface area contributed by atoms with Crippen LogP contribution in [0.3, 0.4) is 0 Å². The molecule has 2 heterocycles. The van der Waals surface area contributed by atoms with Crippen LogP contribution in [-0.2, 0) is 29.1 Å². The van der Waals surface area contributed by atoms with Crippen molar-refractivity contribution in [2.75, 3.05) is 19.6 Å². The van der Waals surface area contributed by atoms with E-state index in [1.54, 1.807) is 41.3 Å². The summed E-state index contributed by atoms with van der Waals surface area (Å²) in [4.78, 5) is 61.9. The Balaban J connectivity index is 2.00. The fourth-order valence-corrected chi connectivity index (χ4v) is 4.42. The van der Waals surface area contributed by atoms with Gasteiger partial charge < -0.3 is 20.4 Å². The van der Waals surface area contributed by atoms with Gasteiger partial charge in [0.25, 0.3) is 0 Å². The normalized spacial score (nSPS) is 11.6. The fourth-order valence-electron chi connectivity index (χ4n) is 4.31. The number of aromatic carboxylic acids is 2. The number of hydrogen-bond acceptors (Lipinski definition) is 10. The largest absolute Gasteiger partial charge is 0.480 e. The molecule has 0 amide bonds. The minimum atomic E-state index is -1.24. The Hall–Kier alpha value is -4.88. The van der Waals surface area contributed by atoms with Crippen molar-refractivity contribution in [1.29, 1.82) is 0 Å². The molecule has 13 nitrogen and oxygen atoms in total. The summed E-state index contributed by atoms with van der Waals surface area (Å²) in [6.45, 7) is -0.925. The summed E-state index contributed by atoms with van der Waals surface area (Å²) in [6, 6.07) is 15.2. The van der Waals surface area contributed by atoms with Crippen LogP contribution < -0.4 is 0 Å². The zero-order valence-electron chi connectivity index (χ0n) is 22.2. The van der Waals surface area contributed by atoms with Crippen LogP contribution in [0.15, 0.2) is 65.7 Å². The van der Waals surface area contributed by atoms with Crippen LogP contribution in [0.2, 0.25) is 0 Å². The van der Waals surface area contributed by atoms with Gasteiger partial charge in [-0.05, 0) is 60.6 Å². The van der Waals surface area contributed by atoms with Gasteiger partial charge in [0.15, 0.2) is 0 Å². The first kappa shape index (κ1) is 31.6. The number of aromatic nitrogens is 2. The van der Waals surface area contributed by atoms with E-state index in [2.05, 4.69) is 32.3 Å². The Kier molecular flexibility index (Phi) is 11.5. The molecule has 14 heteroatoms. The lowest BCUT2D eigenvalue weighted by molar-refractivity contribution is -0.141. The summed E-state index contributed by atoms with van der Waals surface area (Å²) >= 11 is 4.64. The van der Waals surface area contributed by atoms with Gasteiger partial charge in [-0.3, -0.25) is 19.4 Å². The summed E-state index contributed by atoms with van der Waals surface area (Å²) in [5.41, 5.74) is 1.58. The molecule has 0 aliphatic carbocycles. The molecule has 3 rings (SSSR count). The lowest BCUT2D eigenvalue weighted by Gasteiger charge is -2.34. The van der Waals surface area contributed by atoms with Crippen molar-refractivity contribution in [2.45, 2.75) is 25.6 Å². The van der Waals surface area contributed by atoms with Crippen LogP contribution >= 0.6 is 12.2 Å². The van der Waals surface area contributed by atoms with Crippen molar-refractivity contribution in [3.05, 3.63) is 89.0 Å². The first-order valence-electron chi connectivity index (χ1n) is 12.5. The summed E-state index contributed by atoms with van der Waals surface area (Å²) in [5.74, 6) is -4.77. The third kappa shape index (κ3) is 9.94. The van der Waals surface area contributed by atoms with Crippen molar-refractivity contribution >= 4 is 46.9 Å². The second-order valence-electron chi connectivity index (χ2n) is 9.23. The number of pyridine rings is 2. The molecule has 3 aromatic rings. The van der Waals surface area contributed by atoms with Crippen molar-refractivity contribution < 1.29 is 39.6 Å². The summed E-state index contributed by atoms with van der Waals surface area (Å²) in [5, 5.41) is 40.3. The molecule has 42 heavy (non-hydrogen) atoms. The number of aliphatic imine (C=N–C) groups is 1. The molecule has 218 valence electrons. The molecule has 1 aromatic carbocycles. The van der Waals surface area contributed by atoms with Gasteiger partial charge in [-0.25, -0.2) is 19.6 Å². The van der Waals surface area contributed by atoms with Gasteiger partial charge in [-0.1, -0.05) is 24.3 Å². The van der Waals surface area contributed by atoms with Gasteiger partial charge in [0, 0.05) is 25.7 Å². The maximum atomic E-state index is 11.9. The van der Waals surface area contributed by atoms with Gasteiger partial charge in [-0.15, -0.1) is 0 Å². The number of carboxylic acid groups (broad SMARTS) is 4. The summed E-state index contributed by atoms with van der Waals surface area (Å²) in [7, 11) is 0. The Morgan fingerprint density at radius 1 is 0.786 bits per heavy atom. The van der Waals surface area contributed by atoms with E-state index in [0.29, 0.717) is 17.1 Å². The monoisotopic (exact) mass is 593 g/mol. The van der Waals surface area contributed by atoms with E-state index in [9.17, 15) is 39.6 Å². The second kappa shape index (κ2) is 15.2. The molecular weight excluding hydrogens is 566 g/mol. The van der Waals surface area contributed by atoms with Crippen LogP contribution in [0.4, 0.5) is 5.69 Å². The van der Waals surface area contributed by atoms with E-state index in [-0.39, 0.29) is 37.4 Å². The molecule has 0 fully saturated rings. The van der Waals surface area contributed by atoms with E-state index in [0.717, 1.165) is 5.56 Å². The number of carboxylic acids is 4. The smallest absolute Gasteiger partial charge is 0.354 e. The minimum absolute atomic E-state index is 0.0279. The molecule has 2 aromatic heterocycles. The van der Waals surface area contributed by atoms with E-state index in [1.165, 1.54) is 29.2 Å². The van der Waals surface area contributed by atoms with Gasteiger partial charge in [0.05, 0.1) is 35.3 Å². The average molecular weight is 594 g/mol. The molecule has 0 saturated heterocycles. The summed E-state index contributed by atoms with van der Waals surface area (Å²) in [6.07, 6.45) is 0.270. The molecule has 1 atom stereocenters. The van der Waals surface area contributed by atoms with E-state index in [4.69, 9.17) is 0 Å². The first-order chi connectivity index (χ1) is 20.0. The van der Waals surface area contributed by atoms with E-state index in [1.807, 2.05) is 0 Å². The van der Waals surface area contributed by atoms with Crippen LogP contribution in [0.1, 0.15) is 37.9 Å². The van der Waals surface area contributed by atoms with Crippen molar-refractivity contribution in [3.8, 4) is 0 Å². The molecule has 0 spiro atoms. The van der Waals surface area contributed by atoms with Gasteiger partial charge in [0.2, 0.25) is 0 Å². The maximum Gasteiger partial charge on any atom is 0.354 e. The molecule has 0 aliphatic heterocycles. The first-order valence-corrected chi connectivity index (χ1v) is 12.9. The maximum absolute atomic E-state index is 11.9. The Morgan fingerprint density at radius 2 is 1.33 bits per heavy atom. The lowest BCUT2D eigenvalue weighted by atomic mass is 10.0. The molecule has 0 aliphatic rings. The number of aliphatic carboxylic acids is 2. The molecule has 0 radical (unpaired) electrons. The average Bonchev–Trinajstić information content (AvgIpc) is 2.93. The Bertz CT molecular complexity index is 1490. The van der Waals surface area contributed by atoms with Gasteiger partial charge >= 0.3 is 23.9 Å². The standard InChI is InChI=1S/C28H27N5O8S/c34-25(35)15-32(12-20-3-1-5-23(30-20)27(38)39)14-22(11-18-7-9-19(10-8-18)29-17-42)33(16-26(36)37)13-21-4-2-6-24(31-21)28(40)41/h1-10,22H,11-16H2,(H,34,35)(H,36,37)(H,38,39)(H,40,41)/t22-/m0/s1. The number of nitrogens with zero attached hydrogens (tertiary/aromatic N) is 5. The number of carbonyl (C=O) groups is 4. The third-order valence-corrected chi connectivity index (χ3v) is 6.16. The number of rotatable bonds is 16. The van der Waals surface area contributed by atoms with Gasteiger partial charge in [-0.2, -0.15) is 4.99 Å². The second-order valence-corrected chi connectivity index (χ2v) is 9.41. The van der Waals surface area contributed by atoms with Crippen LogP contribution in [0.5, 0.6) is 0 Å². The van der Waals surface area contributed by atoms with Crippen LogP contribution in [0.25, 0.3) is 0 Å². The van der Waals surface area contributed by atoms with Crippen molar-refractivity contribution in [3.63, 3.8) is 0 Å². The zero-order valence-corrected chi connectivity index (χ0v) is 23.0. The molecule has 4 N–H and O–H groups in total. The number of hydrogen-bond donors (Lipinski definition) is 4. The SMILES string of the molecule is O=C(O)CN(Cc1cccc(C(=O)O)n1)C[C@H](Cc1ccc(N=C=S)cc1)N(CC(=O)O)Cc1cccc(C(=O)O)n1. The Labute approximate surface area is 245 Å². The number of benzene rings is 1. The minimum Gasteiger partial charge on any atom is -0.480 e. The number of thiocarbonyl (C=S) groups is 1. The topological polar surface area (TPSA) is 194 Å². The fraction of sp³-hybridized carbons (Fsp3) is 0.250. The molecule has 0 unspecified atom stereocenters. The molecule has 0 saturated carbocycles. The molecule has 0 bridgehead atoms. The predicted octanol–water partition coefficient (Wildman–Crippen LogP) is 2.69. The van der Waals surface area contributed by atoms with Crippen LogP contribution in [-0.4, -0.2) is 94.9 Å². The van der Waals surface area contributed by atoms with Crippen molar-refractivity contribution in [2.24, 2.45) is 4.99 Å². The summed E-state index contributed by atoms with van der Waals surface area (Å²) < 4.78 is 0. The highest BCUT2D eigenvalue weighted by Gasteiger charge is 2.26. The van der Waals surface area contributed by atoms with E-state index >= 15 is 0 Å². The number of isothiocyanates is 1. The Morgan fingerprint density at radius 3 is 1.83 bits per heavy atom. The van der Waals surface area contributed by atoms with Crippen LogP contribution in [0, 0.1) is 0 Å². The highest BCUT2D eigenvalue weighted by Crippen LogP contribution is 2.19. The lowest BCUT2D eigenvalue weighted by Crippen LogP contribution is -2.48.